The van der Waals surface area contributed by atoms with Gasteiger partial charge in [-0.1, -0.05) is 30.3 Å². The number of ether oxygens (including phenoxy) is 2. The Kier molecular flexibility index (Phi) is 5.80. The van der Waals surface area contributed by atoms with Crippen molar-refractivity contribution in [3.63, 3.8) is 0 Å². The van der Waals surface area contributed by atoms with Gasteiger partial charge in [-0.3, -0.25) is 0 Å². The zero-order valence-corrected chi connectivity index (χ0v) is 16.0. The van der Waals surface area contributed by atoms with E-state index in [4.69, 9.17) is 9.47 Å². The third-order valence-corrected chi connectivity index (χ3v) is 6.44. The van der Waals surface area contributed by atoms with Gasteiger partial charge in [-0.15, -0.1) is 0 Å². The topological polar surface area (TPSA) is 88.4 Å². The second kappa shape index (κ2) is 8.09. The van der Waals surface area contributed by atoms with E-state index in [9.17, 15) is 13.7 Å². The summed E-state index contributed by atoms with van der Waals surface area (Å²) in [6.07, 6.45) is 1.48. The molecule has 3 rings (SSSR count). The van der Waals surface area contributed by atoms with Crippen LogP contribution in [0.4, 0.5) is 0 Å². The largest absolute Gasteiger partial charge is 0.495 e. The molecule has 1 fully saturated rings. The molecule has 2 aromatic carbocycles. The Bertz CT molecular complexity index is 930. The number of nitrogens with zero attached hydrogens (tertiary/aromatic N) is 1. The highest BCUT2D eigenvalue weighted by molar-refractivity contribution is 7.89. The molecule has 0 aromatic heterocycles. The lowest BCUT2D eigenvalue weighted by Gasteiger charge is -2.37. The van der Waals surface area contributed by atoms with Gasteiger partial charge in [-0.25, -0.2) is 13.1 Å². The molecule has 6 nitrogen and oxygen atoms in total. The first-order valence-corrected chi connectivity index (χ1v) is 10.2. The van der Waals surface area contributed by atoms with E-state index in [-0.39, 0.29) is 22.4 Å². The van der Waals surface area contributed by atoms with E-state index < -0.39 is 10.0 Å². The summed E-state index contributed by atoms with van der Waals surface area (Å²) in [6, 6.07) is 16.2. The van der Waals surface area contributed by atoms with Gasteiger partial charge in [-0.05, 0) is 36.6 Å². The van der Waals surface area contributed by atoms with Crippen molar-refractivity contribution < 1.29 is 17.9 Å². The minimum Gasteiger partial charge on any atom is -0.495 e. The lowest BCUT2D eigenvalue weighted by atomic mass is 9.74. The monoisotopic (exact) mass is 386 g/mol. The number of methoxy groups -OCH3 is 1. The van der Waals surface area contributed by atoms with Crippen LogP contribution < -0.4 is 9.46 Å². The average molecular weight is 386 g/mol. The molecule has 1 N–H and O–H groups in total. The highest BCUT2D eigenvalue weighted by Crippen LogP contribution is 2.34. The van der Waals surface area contributed by atoms with E-state index in [1.54, 1.807) is 0 Å². The van der Waals surface area contributed by atoms with Crippen LogP contribution in [-0.2, 0) is 20.2 Å². The van der Waals surface area contributed by atoms with Crippen molar-refractivity contribution in [2.75, 3.05) is 26.9 Å². The average Bonchev–Trinajstić information content (AvgIpc) is 2.73. The molecule has 0 radical (unpaired) electrons. The molecule has 0 bridgehead atoms. The Balaban J connectivity index is 1.86. The van der Waals surface area contributed by atoms with Gasteiger partial charge in [-0.2, -0.15) is 5.26 Å². The minimum absolute atomic E-state index is 0.0510. The molecule has 1 heterocycles. The molecule has 2 aromatic rings. The first-order chi connectivity index (χ1) is 13.0. The van der Waals surface area contributed by atoms with Gasteiger partial charge in [0.1, 0.15) is 11.8 Å². The Morgan fingerprint density at radius 1 is 1.19 bits per heavy atom. The van der Waals surface area contributed by atoms with Crippen molar-refractivity contribution in [1.82, 2.24) is 4.72 Å². The van der Waals surface area contributed by atoms with Crippen LogP contribution in [0.3, 0.4) is 0 Å². The van der Waals surface area contributed by atoms with Gasteiger partial charge >= 0.3 is 0 Å². The first-order valence-electron chi connectivity index (χ1n) is 8.72. The third kappa shape index (κ3) is 4.14. The van der Waals surface area contributed by atoms with E-state index >= 15 is 0 Å². The van der Waals surface area contributed by atoms with Crippen LogP contribution in [0.1, 0.15) is 24.0 Å². The van der Waals surface area contributed by atoms with Gasteiger partial charge in [0.15, 0.2) is 0 Å². The lowest BCUT2D eigenvalue weighted by molar-refractivity contribution is 0.0517. The Hall–Kier alpha value is -2.40. The number of hydrogen-bond acceptors (Lipinski definition) is 5. The third-order valence-electron chi connectivity index (χ3n) is 5.04. The van der Waals surface area contributed by atoms with Gasteiger partial charge < -0.3 is 9.47 Å². The second-order valence-corrected chi connectivity index (χ2v) is 8.32. The lowest BCUT2D eigenvalue weighted by Crippen LogP contribution is -2.44. The molecule has 1 aliphatic heterocycles. The summed E-state index contributed by atoms with van der Waals surface area (Å²) in [5, 5.41) is 9.20. The maximum absolute atomic E-state index is 12.8. The number of benzene rings is 2. The van der Waals surface area contributed by atoms with E-state index in [2.05, 4.69) is 4.72 Å². The zero-order valence-electron chi connectivity index (χ0n) is 15.1. The molecule has 0 aliphatic carbocycles. The molecule has 0 unspecified atom stereocenters. The van der Waals surface area contributed by atoms with Gasteiger partial charge in [0.25, 0.3) is 0 Å². The summed E-state index contributed by atoms with van der Waals surface area (Å²) in [4.78, 5) is 0.0510. The Morgan fingerprint density at radius 3 is 2.52 bits per heavy atom. The molecule has 1 saturated heterocycles. The molecule has 142 valence electrons. The highest BCUT2D eigenvalue weighted by atomic mass is 32.2. The predicted octanol–water partition coefficient (Wildman–Crippen LogP) is 2.59. The van der Waals surface area contributed by atoms with Gasteiger partial charge in [0, 0.05) is 25.2 Å². The fourth-order valence-corrected chi connectivity index (χ4v) is 4.53. The summed E-state index contributed by atoms with van der Waals surface area (Å²) in [7, 11) is -2.32. The molecule has 27 heavy (non-hydrogen) atoms. The number of hydrogen-bond donors (Lipinski definition) is 1. The second-order valence-electron chi connectivity index (χ2n) is 6.56. The van der Waals surface area contributed by atoms with E-state index in [1.807, 2.05) is 36.4 Å². The molecular weight excluding hydrogens is 364 g/mol. The van der Waals surface area contributed by atoms with Gasteiger partial charge in [0.2, 0.25) is 10.0 Å². The fourth-order valence-electron chi connectivity index (χ4n) is 3.38. The van der Waals surface area contributed by atoms with Crippen LogP contribution in [0.2, 0.25) is 0 Å². The maximum Gasteiger partial charge on any atom is 0.240 e. The van der Waals surface area contributed by atoms with E-state index in [1.165, 1.54) is 25.3 Å². The van der Waals surface area contributed by atoms with Gasteiger partial charge in [0.05, 0.1) is 17.6 Å². The first kappa shape index (κ1) is 19.4. The molecule has 0 saturated carbocycles. The van der Waals surface area contributed by atoms with Crippen molar-refractivity contribution in [2.24, 2.45) is 0 Å². The number of sulfonamides is 1. The van der Waals surface area contributed by atoms with Crippen molar-refractivity contribution in [1.29, 1.82) is 5.26 Å². The number of nitriles is 1. The summed E-state index contributed by atoms with van der Waals surface area (Å²) < 4.78 is 39.0. The standard InChI is InChI=1S/C20H22N2O4S/c1-25-19-8-7-18(13-16(19)14-21)27(23,24)22-15-20(9-11-26-12-10-20)17-5-3-2-4-6-17/h2-8,13,22H,9-12,15H2,1H3. The van der Waals surface area contributed by atoms with Crippen molar-refractivity contribution in [3.05, 3.63) is 59.7 Å². The SMILES string of the molecule is COc1ccc(S(=O)(=O)NCC2(c3ccccc3)CCOCC2)cc1C#N. The number of rotatable bonds is 6. The summed E-state index contributed by atoms with van der Waals surface area (Å²) in [5.74, 6) is 0.349. The Labute approximate surface area is 159 Å². The van der Waals surface area contributed by atoms with Crippen LogP contribution in [0.5, 0.6) is 5.75 Å². The molecule has 7 heteroatoms. The number of nitrogens with one attached hydrogen (secondary N) is 1. The molecule has 1 aliphatic rings. The van der Waals surface area contributed by atoms with Crippen molar-refractivity contribution in [3.8, 4) is 11.8 Å². The van der Waals surface area contributed by atoms with Crippen LogP contribution in [0, 0.1) is 11.3 Å². The Morgan fingerprint density at radius 2 is 1.89 bits per heavy atom. The summed E-state index contributed by atoms with van der Waals surface area (Å²) in [6.45, 7) is 1.46. The summed E-state index contributed by atoms with van der Waals surface area (Å²) >= 11 is 0. The van der Waals surface area contributed by atoms with Crippen LogP contribution in [-0.4, -0.2) is 35.3 Å². The van der Waals surface area contributed by atoms with Crippen molar-refractivity contribution in [2.45, 2.75) is 23.2 Å². The molecule has 0 amide bonds. The van der Waals surface area contributed by atoms with Crippen LogP contribution in [0.25, 0.3) is 0 Å². The summed E-state index contributed by atoms with van der Waals surface area (Å²) in [5.41, 5.74) is 0.976. The maximum atomic E-state index is 12.8. The van der Waals surface area contributed by atoms with E-state index in [0.717, 1.165) is 18.4 Å². The minimum atomic E-state index is -3.76. The van der Waals surface area contributed by atoms with E-state index in [0.29, 0.717) is 19.0 Å². The predicted molar refractivity (Wildman–Crippen MR) is 101 cm³/mol. The van der Waals surface area contributed by atoms with Crippen LogP contribution in [0.15, 0.2) is 53.4 Å². The quantitative estimate of drug-likeness (QED) is 0.824. The smallest absolute Gasteiger partial charge is 0.240 e. The molecule has 0 spiro atoms. The molecular formula is C20H22N2O4S. The fraction of sp³-hybridized carbons (Fsp3) is 0.350. The zero-order chi connectivity index (χ0) is 19.3. The molecule has 0 atom stereocenters. The highest BCUT2D eigenvalue weighted by Gasteiger charge is 2.35. The van der Waals surface area contributed by atoms with Crippen molar-refractivity contribution >= 4 is 10.0 Å². The normalized spacial score (nSPS) is 16.4. The van der Waals surface area contributed by atoms with Crippen LogP contribution >= 0.6 is 0 Å².